The van der Waals surface area contributed by atoms with Crippen LogP contribution in [-0.2, 0) is 0 Å². The normalized spacial score (nSPS) is 21.2. The molecule has 0 aromatic heterocycles. The third-order valence-electron chi connectivity index (χ3n) is 4.21. The minimum absolute atomic E-state index is 0.730. The maximum atomic E-state index is 3.39. The lowest BCUT2D eigenvalue weighted by Crippen LogP contribution is -2.35. The summed E-state index contributed by atoms with van der Waals surface area (Å²) in [6.07, 6.45) is 8.19. The summed E-state index contributed by atoms with van der Waals surface area (Å²) in [6.45, 7) is 8.60. The molecule has 0 radical (unpaired) electrons. The lowest BCUT2D eigenvalue weighted by atomic mass is 9.94. The molecule has 2 heteroatoms. The van der Waals surface area contributed by atoms with Crippen LogP contribution in [0.4, 0.5) is 0 Å². The second-order valence-corrected chi connectivity index (χ2v) is 5.23. The summed E-state index contributed by atoms with van der Waals surface area (Å²) in [7, 11) is 2.08. The Morgan fingerprint density at radius 2 is 1.94 bits per heavy atom. The molecule has 1 rings (SSSR count). The quantitative estimate of drug-likeness (QED) is 0.718. The van der Waals surface area contributed by atoms with Gasteiger partial charge in [-0.25, -0.2) is 0 Å². The maximum Gasteiger partial charge on any atom is 0.00619 e. The highest BCUT2D eigenvalue weighted by Crippen LogP contribution is 2.20. The van der Waals surface area contributed by atoms with Crippen LogP contribution in [-0.4, -0.2) is 37.6 Å². The lowest BCUT2D eigenvalue weighted by Gasteiger charge is -2.31. The van der Waals surface area contributed by atoms with Gasteiger partial charge in [-0.05, 0) is 64.7 Å². The van der Waals surface area contributed by atoms with Crippen molar-refractivity contribution in [3.63, 3.8) is 0 Å². The zero-order valence-corrected chi connectivity index (χ0v) is 11.5. The van der Waals surface area contributed by atoms with Crippen LogP contribution in [0.1, 0.15) is 52.4 Å². The Kier molecular flexibility index (Phi) is 7.06. The summed E-state index contributed by atoms with van der Waals surface area (Å²) in [6, 6.07) is 0.730. The molecule has 2 nitrogen and oxygen atoms in total. The van der Waals surface area contributed by atoms with E-state index in [0.29, 0.717) is 0 Å². The molecule has 1 aliphatic rings. The SMILES string of the molecule is CCC1CCN(CCCC(CC)NC)CC1. The van der Waals surface area contributed by atoms with Gasteiger partial charge in [0, 0.05) is 6.04 Å². The van der Waals surface area contributed by atoms with E-state index in [1.165, 1.54) is 58.2 Å². The van der Waals surface area contributed by atoms with Crippen LogP contribution in [0.2, 0.25) is 0 Å². The van der Waals surface area contributed by atoms with Crippen molar-refractivity contribution < 1.29 is 0 Å². The van der Waals surface area contributed by atoms with Gasteiger partial charge in [-0.1, -0.05) is 20.3 Å². The van der Waals surface area contributed by atoms with Crippen molar-refractivity contribution in [2.45, 2.75) is 58.4 Å². The molecule has 1 heterocycles. The van der Waals surface area contributed by atoms with E-state index in [4.69, 9.17) is 0 Å². The lowest BCUT2D eigenvalue weighted by molar-refractivity contribution is 0.177. The van der Waals surface area contributed by atoms with Crippen molar-refractivity contribution in [2.24, 2.45) is 5.92 Å². The van der Waals surface area contributed by atoms with Crippen molar-refractivity contribution in [1.29, 1.82) is 0 Å². The second-order valence-electron chi connectivity index (χ2n) is 5.23. The van der Waals surface area contributed by atoms with Crippen LogP contribution in [0.3, 0.4) is 0 Å². The van der Waals surface area contributed by atoms with E-state index in [2.05, 4.69) is 31.1 Å². The molecule has 1 atom stereocenters. The zero-order chi connectivity index (χ0) is 11.8. The summed E-state index contributed by atoms with van der Waals surface area (Å²) in [5.74, 6) is 1.01. The van der Waals surface area contributed by atoms with Crippen molar-refractivity contribution >= 4 is 0 Å². The van der Waals surface area contributed by atoms with Gasteiger partial charge in [-0.15, -0.1) is 0 Å². The number of likely N-dealkylation sites (tertiary alicyclic amines) is 1. The molecule has 96 valence electrons. The third kappa shape index (κ3) is 4.84. The molecule has 1 saturated heterocycles. The molecular weight excluding hydrogens is 196 g/mol. The first-order chi connectivity index (χ1) is 7.80. The summed E-state index contributed by atoms with van der Waals surface area (Å²) >= 11 is 0. The van der Waals surface area contributed by atoms with E-state index in [1.54, 1.807) is 0 Å². The van der Waals surface area contributed by atoms with Crippen LogP contribution >= 0.6 is 0 Å². The number of nitrogens with zero attached hydrogens (tertiary/aromatic N) is 1. The van der Waals surface area contributed by atoms with Gasteiger partial charge in [-0.3, -0.25) is 0 Å². The molecule has 0 spiro atoms. The van der Waals surface area contributed by atoms with E-state index in [0.717, 1.165) is 12.0 Å². The first-order valence-corrected chi connectivity index (χ1v) is 7.19. The fraction of sp³-hybridized carbons (Fsp3) is 1.00. The van der Waals surface area contributed by atoms with Crippen LogP contribution in [0.5, 0.6) is 0 Å². The molecule has 0 aromatic carbocycles. The number of nitrogens with one attached hydrogen (secondary N) is 1. The first kappa shape index (κ1) is 14.0. The molecule has 0 saturated carbocycles. The van der Waals surface area contributed by atoms with Crippen LogP contribution < -0.4 is 5.32 Å². The minimum atomic E-state index is 0.730. The van der Waals surface area contributed by atoms with Crippen molar-refractivity contribution in [3.8, 4) is 0 Å². The van der Waals surface area contributed by atoms with Crippen molar-refractivity contribution in [3.05, 3.63) is 0 Å². The highest BCUT2D eigenvalue weighted by molar-refractivity contribution is 4.72. The van der Waals surface area contributed by atoms with Gasteiger partial charge in [0.2, 0.25) is 0 Å². The molecular formula is C14H30N2. The average Bonchev–Trinajstić information content (AvgIpc) is 2.35. The molecule has 1 aliphatic heterocycles. The molecule has 1 N–H and O–H groups in total. The van der Waals surface area contributed by atoms with Crippen LogP contribution in [0.25, 0.3) is 0 Å². The molecule has 0 aromatic rings. The van der Waals surface area contributed by atoms with Gasteiger partial charge >= 0.3 is 0 Å². The molecule has 0 bridgehead atoms. The van der Waals surface area contributed by atoms with Crippen molar-refractivity contribution in [2.75, 3.05) is 26.7 Å². The molecule has 0 aliphatic carbocycles. The third-order valence-corrected chi connectivity index (χ3v) is 4.21. The Balaban J connectivity index is 2.06. The van der Waals surface area contributed by atoms with Gasteiger partial charge in [-0.2, -0.15) is 0 Å². The summed E-state index contributed by atoms with van der Waals surface area (Å²) < 4.78 is 0. The smallest absolute Gasteiger partial charge is 0.00619 e. The Bertz CT molecular complexity index is 158. The number of piperidine rings is 1. The predicted molar refractivity (Wildman–Crippen MR) is 71.8 cm³/mol. The van der Waals surface area contributed by atoms with E-state index in [9.17, 15) is 0 Å². The molecule has 0 amide bonds. The highest BCUT2D eigenvalue weighted by Gasteiger charge is 2.17. The number of hydrogen-bond acceptors (Lipinski definition) is 2. The fourth-order valence-electron chi connectivity index (χ4n) is 2.73. The molecule has 1 fully saturated rings. The summed E-state index contributed by atoms with van der Waals surface area (Å²) in [5, 5.41) is 3.39. The van der Waals surface area contributed by atoms with Crippen LogP contribution in [0.15, 0.2) is 0 Å². The van der Waals surface area contributed by atoms with Gasteiger partial charge in [0.1, 0.15) is 0 Å². The Morgan fingerprint density at radius 3 is 2.44 bits per heavy atom. The van der Waals surface area contributed by atoms with E-state index < -0.39 is 0 Å². The highest BCUT2D eigenvalue weighted by atomic mass is 15.1. The monoisotopic (exact) mass is 226 g/mol. The molecule has 1 unspecified atom stereocenters. The number of hydrogen-bond donors (Lipinski definition) is 1. The standard InChI is InChI=1S/C14H30N2/c1-4-13-8-11-16(12-9-13)10-6-7-14(5-2)15-3/h13-15H,4-12H2,1-3H3. The largest absolute Gasteiger partial charge is 0.317 e. The average molecular weight is 226 g/mol. The van der Waals surface area contributed by atoms with Crippen molar-refractivity contribution in [1.82, 2.24) is 10.2 Å². The minimum Gasteiger partial charge on any atom is -0.317 e. The second kappa shape index (κ2) is 8.08. The Labute approximate surface area is 102 Å². The summed E-state index contributed by atoms with van der Waals surface area (Å²) in [4.78, 5) is 2.66. The fourth-order valence-corrected chi connectivity index (χ4v) is 2.73. The van der Waals surface area contributed by atoms with E-state index >= 15 is 0 Å². The predicted octanol–water partition coefficient (Wildman–Crippen LogP) is 2.89. The Hall–Kier alpha value is -0.0800. The molecule has 16 heavy (non-hydrogen) atoms. The van der Waals surface area contributed by atoms with Gasteiger partial charge in [0.05, 0.1) is 0 Å². The van der Waals surface area contributed by atoms with Gasteiger partial charge in [0.15, 0.2) is 0 Å². The van der Waals surface area contributed by atoms with E-state index in [1.807, 2.05) is 0 Å². The zero-order valence-electron chi connectivity index (χ0n) is 11.5. The first-order valence-electron chi connectivity index (χ1n) is 7.19. The topological polar surface area (TPSA) is 15.3 Å². The maximum absolute atomic E-state index is 3.39. The Morgan fingerprint density at radius 1 is 1.25 bits per heavy atom. The summed E-state index contributed by atoms with van der Waals surface area (Å²) in [5.41, 5.74) is 0. The van der Waals surface area contributed by atoms with Crippen LogP contribution in [0, 0.1) is 5.92 Å². The number of rotatable bonds is 7. The van der Waals surface area contributed by atoms with E-state index in [-0.39, 0.29) is 0 Å². The van der Waals surface area contributed by atoms with Gasteiger partial charge in [0.25, 0.3) is 0 Å². The van der Waals surface area contributed by atoms with Gasteiger partial charge < -0.3 is 10.2 Å².